The van der Waals surface area contributed by atoms with Crippen LogP contribution in [-0.4, -0.2) is 20.6 Å². The van der Waals surface area contributed by atoms with E-state index >= 15 is 0 Å². The molecule has 0 saturated heterocycles. The number of hydrogen-bond acceptors (Lipinski definition) is 0. The van der Waals surface area contributed by atoms with E-state index in [1.54, 1.807) is 21.8 Å². The summed E-state index contributed by atoms with van der Waals surface area (Å²) in [4.78, 5) is 0. The van der Waals surface area contributed by atoms with Crippen LogP contribution in [0.4, 0.5) is 0 Å². The van der Waals surface area contributed by atoms with E-state index in [2.05, 4.69) is 144 Å². The molecule has 0 bridgehead atoms. The molecule has 212 valence electrons. The molecule has 2 aromatic rings. The minimum absolute atomic E-state index is 0. The van der Waals surface area contributed by atoms with Crippen LogP contribution in [-0.2, 0) is 19.2 Å². The van der Waals surface area contributed by atoms with Crippen LogP contribution >= 0.6 is 15.8 Å². The van der Waals surface area contributed by atoms with E-state index in [-0.39, 0.29) is 45.9 Å². The normalized spacial score (nSPS) is 19.0. The summed E-state index contributed by atoms with van der Waals surface area (Å²) in [6.45, 7) is 29.8. The third kappa shape index (κ3) is 7.05. The van der Waals surface area contributed by atoms with E-state index in [0.717, 1.165) is 0 Å². The quantitative estimate of drug-likeness (QED) is 0.323. The average molecular weight is 605 g/mol. The van der Waals surface area contributed by atoms with Gasteiger partial charge in [-0.15, -0.1) is 0 Å². The van der Waals surface area contributed by atoms with Gasteiger partial charge in [-0.05, 0) is 0 Å². The molecule has 39 heavy (non-hydrogen) atoms. The Bertz CT molecular complexity index is 1100. The van der Waals surface area contributed by atoms with Crippen molar-refractivity contribution < 1.29 is 28.6 Å². The van der Waals surface area contributed by atoms with E-state index < -0.39 is 19.2 Å². The Morgan fingerprint density at radius 3 is 1.05 bits per heavy atom. The van der Waals surface area contributed by atoms with Gasteiger partial charge < -0.3 is 9.41 Å². The van der Waals surface area contributed by atoms with Gasteiger partial charge in [-0.1, -0.05) is 0 Å². The number of fused-ring (bicyclic) bond motifs is 2. The summed E-state index contributed by atoms with van der Waals surface area (Å²) in [5.74, 6) is 0. The Hall–Kier alpha value is -0.646. The second-order valence-corrected chi connectivity index (χ2v) is 24.8. The van der Waals surface area contributed by atoms with Crippen molar-refractivity contribution in [1.82, 2.24) is 0 Å². The fourth-order valence-electron chi connectivity index (χ4n) is 7.08. The zero-order valence-corrected chi connectivity index (χ0v) is 29.4. The molecule has 0 spiro atoms. The van der Waals surface area contributed by atoms with Gasteiger partial charge in [-0.3, -0.25) is 0 Å². The Morgan fingerprint density at radius 2 is 0.769 bits per heavy atom. The second kappa shape index (κ2) is 11.9. The van der Waals surface area contributed by atoms with Gasteiger partial charge in [0.25, 0.3) is 0 Å². The van der Waals surface area contributed by atoms with Crippen molar-refractivity contribution in [2.45, 2.75) is 112 Å². The monoisotopic (exact) mass is 604 g/mol. The molecule has 5 heteroatoms. The third-order valence-electron chi connectivity index (χ3n) is 7.35. The number of hydrogen-bond donors (Lipinski definition) is 0. The first-order valence-corrected chi connectivity index (χ1v) is 18.4. The van der Waals surface area contributed by atoms with E-state index in [4.69, 9.17) is 0 Å². The van der Waals surface area contributed by atoms with Crippen molar-refractivity contribution in [3.8, 4) is 0 Å². The summed E-state index contributed by atoms with van der Waals surface area (Å²) in [5, 5.41) is 4.67. The van der Waals surface area contributed by atoms with Crippen molar-refractivity contribution in [2.75, 3.05) is 0 Å². The Labute approximate surface area is 249 Å². The SMILES string of the molecule is CC(C)(C)P(C1=Cc2ccccc2[CH]1[Ti+2][CH]1C(P(C(C)(C)C)C(C)(C)C)=Cc2ccccc21)C(C)(C)C.[F-].[F-]. The maximum absolute atomic E-state index is 2.63. The molecule has 0 N–H and O–H groups in total. The molecule has 0 saturated carbocycles. The Balaban J connectivity index is 0.00000267. The maximum atomic E-state index is 2.63. The molecule has 0 aromatic heterocycles. The standard InChI is InChI=1S/2C17H24P.2FH.Ti/c2*1-16(2,3)18(17(4,5)6)15-11-13-9-7-8-10-14(13)12-15;;;/h2*7-12H,1-6H3;2*1H;/q;;;;+2/p-2. The van der Waals surface area contributed by atoms with Crippen LogP contribution < -0.4 is 9.41 Å². The van der Waals surface area contributed by atoms with Gasteiger partial charge in [-0.2, -0.15) is 0 Å². The molecule has 2 aliphatic carbocycles. The molecule has 2 aromatic carbocycles. The average Bonchev–Trinajstić information content (AvgIpc) is 3.23. The topological polar surface area (TPSA) is 0 Å². The predicted molar refractivity (Wildman–Crippen MR) is 167 cm³/mol. The van der Waals surface area contributed by atoms with Gasteiger partial charge in [0, 0.05) is 0 Å². The molecule has 0 nitrogen and oxygen atoms in total. The summed E-state index contributed by atoms with van der Waals surface area (Å²) < 4.78 is 1.22. The zero-order valence-electron chi connectivity index (χ0n) is 26.1. The molecule has 0 heterocycles. The van der Waals surface area contributed by atoms with E-state index in [1.165, 1.54) is 11.1 Å². The largest absolute Gasteiger partial charge is 1.00 e. The first kappa shape index (κ1) is 34.6. The number of allylic oxidation sites excluding steroid dienone is 2. The van der Waals surface area contributed by atoms with Crippen molar-refractivity contribution >= 4 is 28.0 Å². The molecule has 2 unspecified atom stereocenters. The molecule has 0 radical (unpaired) electrons. The Morgan fingerprint density at radius 1 is 0.487 bits per heavy atom. The molecule has 0 aliphatic heterocycles. The first-order chi connectivity index (χ1) is 16.9. The summed E-state index contributed by atoms with van der Waals surface area (Å²) in [7, 11) is -0.627. The molecular formula is C34H48F2P2Ti. The van der Waals surface area contributed by atoms with Gasteiger partial charge in [0.15, 0.2) is 0 Å². The van der Waals surface area contributed by atoms with Gasteiger partial charge in [0.05, 0.1) is 0 Å². The van der Waals surface area contributed by atoms with Gasteiger partial charge >= 0.3 is 241 Å². The zero-order chi connectivity index (χ0) is 27.6. The molecule has 4 rings (SSSR count). The molecule has 0 fully saturated rings. The van der Waals surface area contributed by atoms with Crippen molar-refractivity contribution in [1.29, 1.82) is 0 Å². The van der Waals surface area contributed by atoms with Gasteiger partial charge in [-0.25, -0.2) is 0 Å². The Kier molecular flexibility index (Phi) is 10.6. The molecular weight excluding hydrogens is 556 g/mol. The molecule has 2 aliphatic rings. The fourth-order valence-corrected chi connectivity index (χ4v) is 20.1. The van der Waals surface area contributed by atoms with Crippen LogP contribution in [0.2, 0.25) is 0 Å². The minimum atomic E-state index is -0.394. The van der Waals surface area contributed by atoms with Crippen LogP contribution in [0.15, 0.2) is 59.2 Å². The molecule has 0 amide bonds. The van der Waals surface area contributed by atoms with Gasteiger partial charge in [0.1, 0.15) is 0 Å². The van der Waals surface area contributed by atoms with E-state index in [9.17, 15) is 0 Å². The third-order valence-corrected chi connectivity index (χ3v) is 18.3. The summed E-state index contributed by atoms with van der Waals surface area (Å²) in [6, 6.07) is 18.7. The van der Waals surface area contributed by atoms with Crippen LogP contribution in [0.5, 0.6) is 0 Å². The predicted octanol–water partition coefficient (Wildman–Crippen LogP) is 5.43. The first-order valence-electron chi connectivity index (χ1n) is 13.9. The van der Waals surface area contributed by atoms with Crippen LogP contribution in [0.1, 0.15) is 114 Å². The summed E-state index contributed by atoms with van der Waals surface area (Å²) >= 11 is -0.394. The number of rotatable bonds is 4. The molecule has 2 atom stereocenters. The van der Waals surface area contributed by atoms with Crippen LogP contribution in [0, 0.1) is 0 Å². The van der Waals surface area contributed by atoms with Crippen molar-refractivity contribution in [3.05, 3.63) is 81.4 Å². The maximum Gasteiger partial charge on any atom is -1.00 e. The van der Waals surface area contributed by atoms with Crippen LogP contribution in [0.3, 0.4) is 0 Å². The van der Waals surface area contributed by atoms with Crippen molar-refractivity contribution in [2.24, 2.45) is 0 Å². The minimum Gasteiger partial charge on any atom is -1.00 e. The smallest absolute Gasteiger partial charge is 1.00 e. The van der Waals surface area contributed by atoms with Crippen LogP contribution in [0.25, 0.3) is 12.2 Å². The van der Waals surface area contributed by atoms with Gasteiger partial charge in [0.2, 0.25) is 0 Å². The second-order valence-electron chi connectivity index (χ2n) is 14.8. The fraction of sp³-hybridized carbons (Fsp3) is 0.529. The number of halogens is 2. The number of benzene rings is 2. The van der Waals surface area contributed by atoms with E-state index in [1.807, 2.05) is 0 Å². The van der Waals surface area contributed by atoms with Crippen molar-refractivity contribution in [3.63, 3.8) is 0 Å². The summed E-state index contributed by atoms with van der Waals surface area (Å²) in [5.41, 5.74) is 6.19. The van der Waals surface area contributed by atoms with E-state index in [0.29, 0.717) is 8.45 Å². The summed E-state index contributed by atoms with van der Waals surface area (Å²) in [6.07, 6.45) is 5.26.